The lowest BCUT2D eigenvalue weighted by Gasteiger charge is -2.16. The molecule has 0 bridgehead atoms. The Hall–Kier alpha value is -1.61. The first-order valence-corrected chi connectivity index (χ1v) is 7.31. The van der Waals surface area contributed by atoms with Gasteiger partial charge in [0.15, 0.2) is 0 Å². The Morgan fingerprint density at radius 3 is 2.55 bits per heavy atom. The summed E-state index contributed by atoms with van der Waals surface area (Å²) in [5.74, 6) is -1.29. The summed E-state index contributed by atoms with van der Waals surface area (Å²) < 4.78 is 0.972. The molecule has 0 aliphatic heterocycles. The molecule has 1 N–H and O–H groups in total. The largest absolute Gasteiger partial charge is 0.481 e. The Labute approximate surface area is 127 Å². The number of aliphatic carboxylic acids is 1. The lowest BCUT2D eigenvalue weighted by atomic mass is 9.88. The van der Waals surface area contributed by atoms with Gasteiger partial charge in [0.1, 0.15) is 0 Å². The average Bonchev–Trinajstić information content (AvgIpc) is 2.36. The fourth-order valence-electron chi connectivity index (χ4n) is 2.45. The SMILES string of the molecule is Cc1ccc(C(Cc2cccc(Br)c2)C(=O)O)c(C)c1. The fourth-order valence-corrected chi connectivity index (χ4v) is 2.89. The monoisotopic (exact) mass is 332 g/mol. The summed E-state index contributed by atoms with van der Waals surface area (Å²) in [5.41, 5.74) is 4.10. The summed E-state index contributed by atoms with van der Waals surface area (Å²) in [5, 5.41) is 9.54. The summed E-state index contributed by atoms with van der Waals surface area (Å²) in [4.78, 5) is 11.6. The Morgan fingerprint density at radius 1 is 1.20 bits per heavy atom. The van der Waals surface area contributed by atoms with Gasteiger partial charge >= 0.3 is 5.97 Å². The van der Waals surface area contributed by atoms with E-state index in [1.54, 1.807) is 0 Å². The number of carboxylic acid groups (broad SMARTS) is 1. The second-order valence-electron chi connectivity index (χ2n) is 5.08. The molecule has 0 amide bonds. The summed E-state index contributed by atoms with van der Waals surface area (Å²) in [6.45, 7) is 3.99. The molecule has 104 valence electrons. The molecule has 0 heterocycles. The van der Waals surface area contributed by atoms with Crippen LogP contribution in [-0.4, -0.2) is 11.1 Å². The molecule has 0 fully saturated rings. The Bertz CT molecular complexity index is 635. The Kier molecular flexibility index (Phi) is 4.61. The molecular formula is C17H17BrO2. The highest BCUT2D eigenvalue weighted by Crippen LogP contribution is 2.26. The van der Waals surface area contributed by atoms with Crippen molar-refractivity contribution >= 4 is 21.9 Å². The highest BCUT2D eigenvalue weighted by Gasteiger charge is 2.22. The quantitative estimate of drug-likeness (QED) is 0.896. The van der Waals surface area contributed by atoms with Gasteiger partial charge in [0, 0.05) is 4.47 Å². The van der Waals surface area contributed by atoms with Crippen molar-refractivity contribution in [1.29, 1.82) is 0 Å². The second kappa shape index (κ2) is 6.23. The maximum absolute atomic E-state index is 11.6. The fraction of sp³-hybridized carbons (Fsp3) is 0.235. The zero-order valence-electron chi connectivity index (χ0n) is 11.6. The molecule has 0 aliphatic rings. The van der Waals surface area contributed by atoms with Crippen molar-refractivity contribution < 1.29 is 9.90 Å². The lowest BCUT2D eigenvalue weighted by molar-refractivity contribution is -0.138. The molecule has 0 saturated carbocycles. The predicted octanol–water partition coefficient (Wildman–Crippen LogP) is 4.48. The minimum atomic E-state index is -0.781. The third-order valence-electron chi connectivity index (χ3n) is 3.43. The van der Waals surface area contributed by atoms with Gasteiger partial charge in [-0.05, 0) is 49.1 Å². The Balaban J connectivity index is 2.34. The van der Waals surface area contributed by atoms with Gasteiger partial charge in [0.25, 0.3) is 0 Å². The second-order valence-corrected chi connectivity index (χ2v) is 6.00. The molecule has 20 heavy (non-hydrogen) atoms. The van der Waals surface area contributed by atoms with Crippen molar-refractivity contribution in [2.45, 2.75) is 26.2 Å². The van der Waals surface area contributed by atoms with E-state index >= 15 is 0 Å². The molecule has 1 unspecified atom stereocenters. The van der Waals surface area contributed by atoms with Crippen molar-refractivity contribution in [3.05, 3.63) is 69.2 Å². The van der Waals surface area contributed by atoms with E-state index < -0.39 is 11.9 Å². The van der Waals surface area contributed by atoms with Gasteiger partial charge < -0.3 is 5.11 Å². The van der Waals surface area contributed by atoms with Crippen LogP contribution in [-0.2, 0) is 11.2 Å². The zero-order chi connectivity index (χ0) is 14.7. The molecule has 2 aromatic rings. The lowest BCUT2D eigenvalue weighted by Crippen LogP contribution is -2.15. The molecule has 0 aliphatic carbocycles. The number of aryl methyl sites for hydroxylation is 2. The van der Waals surface area contributed by atoms with E-state index in [4.69, 9.17) is 0 Å². The topological polar surface area (TPSA) is 37.3 Å². The van der Waals surface area contributed by atoms with Crippen LogP contribution in [0.2, 0.25) is 0 Å². The normalized spacial score (nSPS) is 12.2. The van der Waals surface area contributed by atoms with E-state index in [1.165, 1.54) is 0 Å². The molecule has 0 spiro atoms. The smallest absolute Gasteiger partial charge is 0.311 e. The Morgan fingerprint density at radius 2 is 1.95 bits per heavy atom. The van der Waals surface area contributed by atoms with Crippen molar-refractivity contribution in [3.63, 3.8) is 0 Å². The summed E-state index contributed by atoms with van der Waals surface area (Å²) in [6.07, 6.45) is 0.499. The van der Waals surface area contributed by atoms with Gasteiger partial charge in [-0.15, -0.1) is 0 Å². The van der Waals surface area contributed by atoms with Crippen LogP contribution in [0, 0.1) is 13.8 Å². The van der Waals surface area contributed by atoms with Crippen molar-refractivity contribution in [2.75, 3.05) is 0 Å². The number of halogens is 1. The molecule has 1 atom stereocenters. The van der Waals surface area contributed by atoms with Gasteiger partial charge in [0.05, 0.1) is 5.92 Å². The minimum Gasteiger partial charge on any atom is -0.481 e. The van der Waals surface area contributed by atoms with Crippen LogP contribution in [0.3, 0.4) is 0 Å². The molecule has 0 saturated heterocycles. The van der Waals surface area contributed by atoms with E-state index in [0.29, 0.717) is 6.42 Å². The maximum Gasteiger partial charge on any atom is 0.311 e. The first-order chi connectivity index (χ1) is 9.47. The van der Waals surface area contributed by atoms with E-state index in [0.717, 1.165) is 26.7 Å². The average molecular weight is 333 g/mol. The molecule has 2 rings (SSSR count). The van der Waals surface area contributed by atoms with E-state index in [1.807, 2.05) is 56.3 Å². The third-order valence-corrected chi connectivity index (χ3v) is 3.92. The van der Waals surface area contributed by atoms with Crippen LogP contribution in [0.4, 0.5) is 0 Å². The standard InChI is InChI=1S/C17H17BrO2/c1-11-6-7-15(12(2)8-11)16(17(19)20)10-13-4-3-5-14(18)9-13/h3-9,16H,10H2,1-2H3,(H,19,20). The van der Waals surface area contributed by atoms with Crippen LogP contribution in [0.1, 0.15) is 28.2 Å². The highest BCUT2D eigenvalue weighted by molar-refractivity contribution is 9.10. The van der Waals surface area contributed by atoms with Gasteiger partial charge in [0.2, 0.25) is 0 Å². The van der Waals surface area contributed by atoms with Gasteiger partial charge in [-0.3, -0.25) is 4.79 Å². The zero-order valence-corrected chi connectivity index (χ0v) is 13.1. The molecule has 0 radical (unpaired) electrons. The van der Waals surface area contributed by atoms with Crippen molar-refractivity contribution in [2.24, 2.45) is 0 Å². The van der Waals surface area contributed by atoms with Crippen LogP contribution < -0.4 is 0 Å². The van der Waals surface area contributed by atoms with E-state index in [9.17, 15) is 9.90 Å². The number of carbonyl (C=O) groups is 1. The van der Waals surface area contributed by atoms with Crippen molar-refractivity contribution in [1.82, 2.24) is 0 Å². The van der Waals surface area contributed by atoms with Crippen LogP contribution >= 0.6 is 15.9 Å². The predicted molar refractivity (Wildman–Crippen MR) is 84.1 cm³/mol. The number of benzene rings is 2. The molecular weight excluding hydrogens is 316 g/mol. The number of carboxylic acids is 1. The van der Waals surface area contributed by atoms with Crippen LogP contribution in [0.5, 0.6) is 0 Å². The molecule has 2 nitrogen and oxygen atoms in total. The van der Waals surface area contributed by atoms with E-state index in [2.05, 4.69) is 15.9 Å². The van der Waals surface area contributed by atoms with E-state index in [-0.39, 0.29) is 0 Å². The highest BCUT2D eigenvalue weighted by atomic mass is 79.9. The number of hydrogen-bond donors (Lipinski definition) is 1. The summed E-state index contributed by atoms with van der Waals surface area (Å²) in [6, 6.07) is 13.7. The maximum atomic E-state index is 11.6. The summed E-state index contributed by atoms with van der Waals surface area (Å²) >= 11 is 3.42. The molecule has 2 aromatic carbocycles. The van der Waals surface area contributed by atoms with Crippen molar-refractivity contribution in [3.8, 4) is 0 Å². The van der Waals surface area contributed by atoms with Crippen LogP contribution in [0.15, 0.2) is 46.9 Å². The van der Waals surface area contributed by atoms with Crippen LogP contribution in [0.25, 0.3) is 0 Å². The van der Waals surface area contributed by atoms with Gasteiger partial charge in [-0.1, -0.05) is 51.8 Å². The molecule has 0 aromatic heterocycles. The number of hydrogen-bond acceptors (Lipinski definition) is 1. The number of rotatable bonds is 4. The first-order valence-electron chi connectivity index (χ1n) is 6.52. The minimum absolute atomic E-state index is 0.499. The van der Waals surface area contributed by atoms with Gasteiger partial charge in [-0.25, -0.2) is 0 Å². The third kappa shape index (κ3) is 3.48. The first kappa shape index (κ1) is 14.8. The van der Waals surface area contributed by atoms with Gasteiger partial charge in [-0.2, -0.15) is 0 Å². The molecule has 3 heteroatoms. The summed E-state index contributed by atoms with van der Waals surface area (Å²) in [7, 11) is 0.